The van der Waals surface area contributed by atoms with Gasteiger partial charge in [0.2, 0.25) is 5.91 Å². The molecule has 2 aliphatic heterocycles. The van der Waals surface area contributed by atoms with Crippen molar-refractivity contribution in [2.24, 2.45) is 0 Å². The Morgan fingerprint density at radius 2 is 1.69 bits per heavy atom. The van der Waals surface area contributed by atoms with Crippen molar-refractivity contribution < 1.29 is 9.59 Å². The van der Waals surface area contributed by atoms with E-state index in [9.17, 15) is 9.59 Å². The van der Waals surface area contributed by atoms with E-state index in [2.05, 4.69) is 51.2 Å². The Balaban J connectivity index is 1.39. The summed E-state index contributed by atoms with van der Waals surface area (Å²) in [6.45, 7) is 3.10. The molecule has 4 aromatic rings. The molecule has 0 spiro atoms. The standard InChI is InChI=1S/C30H28BrN3O2/c1-30-28-27(23-11-5-6-12-25(23)32-28)24(21-13-15-22(31)16-14-21)18-34(30)26(35)19-33(29(30)36)17-7-10-20-8-3-2-4-9-20/h2-6,8-9,11-16,24,32H,7,10,17-19H2,1H3/t24?,30-/m0/s1. The molecule has 182 valence electrons. The van der Waals surface area contributed by atoms with Crippen molar-refractivity contribution >= 4 is 38.6 Å². The molecule has 6 heteroatoms. The third kappa shape index (κ3) is 3.66. The summed E-state index contributed by atoms with van der Waals surface area (Å²) < 4.78 is 1.02. The Labute approximate surface area is 219 Å². The van der Waals surface area contributed by atoms with E-state index in [1.165, 1.54) is 5.56 Å². The van der Waals surface area contributed by atoms with Crippen molar-refractivity contribution in [3.63, 3.8) is 0 Å². The molecule has 1 fully saturated rings. The predicted octanol–water partition coefficient (Wildman–Crippen LogP) is 5.59. The molecule has 1 N–H and O–H groups in total. The third-order valence-electron chi connectivity index (χ3n) is 7.83. The van der Waals surface area contributed by atoms with Gasteiger partial charge in [0.1, 0.15) is 0 Å². The van der Waals surface area contributed by atoms with Gasteiger partial charge in [-0.2, -0.15) is 0 Å². The van der Waals surface area contributed by atoms with Gasteiger partial charge in [0.05, 0.1) is 12.2 Å². The van der Waals surface area contributed by atoms with Crippen LogP contribution in [0.25, 0.3) is 10.9 Å². The van der Waals surface area contributed by atoms with Gasteiger partial charge in [-0.3, -0.25) is 9.59 Å². The largest absolute Gasteiger partial charge is 0.356 e. The van der Waals surface area contributed by atoms with Crippen molar-refractivity contribution in [2.45, 2.75) is 31.2 Å². The van der Waals surface area contributed by atoms with E-state index in [0.29, 0.717) is 13.1 Å². The lowest BCUT2D eigenvalue weighted by Crippen LogP contribution is -2.67. The quantitative estimate of drug-likeness (QED) is 0.357. The van der Waals surface area contributed by atoms with Crippen molar-refractivity contribution in [1.82, 2.24) is 14.8 Å². The highest BCUT2D eigenvalue weighted by atomic mass is 79.9. The van der Waals surface area contributed by atoms with Crippen LogP contribution < -0.4 is 0 Å². The number of rotatable bonds is 5. The fourth-order valence-corrected chi connectivity index (χ4v) is 6.23. The molecule has 36 heavy (non-hydrogen) atoms. The molecular formula is C30H28BrN3O2. The Bertz CT molecular complexity index is 1450. The fraction of sp³-hybridized carbons (Fsp3) is 0.267. The first-order valence-electron chi connectivity index (χ1n) is 12.5. The van der Waals surface area contributed by atoms with Gasteiger partial charge in [-0.15, -0.1) is 0 Å². The first kappa shape index (κ1) is 23.0. The number of hydrogen-bond acceptors (Lipinski definition) is 2. The minimum absolute atomic E-state index is 0.00257. The van der Waals surface area contributed by atoms with Crippen molar-refractivity contribution in [2.75, 3.05) is 19.6 Å². The maximum absolute atomic E-state index is 14.1. The number of benzene rings is 3. The number of amides is 2. The minimum atomic E-state index is -1.05. The zero-order chi connectivity index (χ0) is 24.9. The number of carbonyl (C=O) groups excluding carboxylic acids is 2. The number of fused-ring (bicyclic) bond motifs is 5. The normalized spacial score (nSPS) is 21.6. The number of aromatic nitrogens is 1. The van der Waals surface area contributed by atoms with Crippen LogP contribution in [-0.2, 0) is 21.5 Å². The molecular weight excluding hydrogens is 514 g/mol. The summed E-state index contributed by atoms with van der Waals surface area (Å²) in [7, 11) is 0. The zero-order valence-corrected chi connectivity index (χ0v) is 21.8. The van der Waals surface area contributed by atoms with E-state index in [-0.39, 0.29) is 24.3 Å². The zero-order valence-electron chi connectivity index (χ0n) is 20.2. The minimum Gasteiger partial charge on any atom is -0.356 e. The maximum Gasteiger partial charge on any atom is 0.254 e. The van der Waals surface area contributed by atoms with Gasteiger partial charge in [0.25, 0.3) is 5.91 Å². The van der Waals surface area contributed by atoms with Crippen LogP contribution in [0.4, 0.5) is 0 Å². The van der Waals surface area contributed by atoms with Crippen molar-refractivity contribution in [3.05, 3.63) is 106 Å². The van der Waals surface area contributed by atoms with Crippen LogP contribution in [0.3, 0.4) is 0 Å². The molecule has 2 aliphatic rings. The van der Waals surface area contributed by atoms with Crippen LogP contribution in [0.1, 0.15) is 41.6 Å². The van der Waals surface area contributed by atoms with Crippen LogP contribution in [-0.4, -0.2) is 46.2 Å². The molecule has 2 atom stereocenters. The SMILES string of the molecule is C[C@]12C(=O)N(CCCc3ccccc3)CC(=O)N1CC(c1ccc(Br)cc1)c1c2[nH]c2ccccc12. The highest BCUT2D eigenvalue weighted by Gasteiger charge is 2.56. The van der Waals surface area contributed by atoms with Gasteiger partial charge in [-0.1, -0.05) is 76.6 Å². The average molecular weight is 542 g/mol. The Morgan fingerprint density at radius 3 is 2.47 bits per heavy atom. The summed E-state index contributed by atoms with van der Waals surface area (Å²) in [5.74, 6) is -0.0147. The van der Waals surface area contributed by atoms with Gasteiger partial charge < -0.3 is 14.8 Å². The molecule has 2 amide bonds. The number of nitrogens with one attached hydrogen (secondary N) is 1. The summed E-state index contributed by atoms with van der Waals surface area (Å²) >= 11 is 3.54. The second kappa shape index (κ2) is 8.93. The number of para-hydroxylation sites is 1. The summed E-state index contributed by atoms with van der Waals surface area (Å²) in [6, 6.07) is 26.8. The lowest BCUT2D eigenvalue weighted by molar-refractivity contribution is -0.166. The van der Waals surface area contributed by atoms with Gasteiger partial charge in [0.15, 0.2) is 5.54 Å². The van der Waals surface area contributed by atoms with Crippen LogP contribution >= 0.6 is 15.9 Å². The van der Waals surface area contributed by atoms with E-state index in [4.69, 9.17) is 0 Å². The fourth-order valence-electron chi connectivity index (χ4n) is 5.97. The Kier molecular flexibility index (Phi) is 5.72. The molecule has 0 radical (unpaired) electrons. The summed E-state index contributed by atoms with van der Waals surface area (Å²) in [5.41, 5.74) is 4.29. The van der Waals surface area contributed by atoms with Gasteiger partial charge in [0, 0.05) is 34.4 Å². The summed E-state index contributed by atoms with van der Waals surface area (Å²) in [6.07, 6.45) is 1.70. The summed E-state index contributed by atoms with van der Waals surface area (Å²) in [4.78, 5) is 34.8. The molecule has 1 aromatic heterocycles. The first-order chi connectivity index (χ1) is 17.5. The lowest BCUT2D eigenvalue weighted by Gasteiger charge is -2.51. The van der Waals surface area contributed by atoms with Crippen LogP contribution in [0.2, 0.25) is 0 Å². The number of hydrogen-bond donors (Lipinski definition) is 1. The number of H-pyrrole nitrogens is 1. The number of aryl methyl sites for hydroxylation is 1. The van der Waals surface area contributed by atoms with E-state index < -0.39 is 5.54 Å². The molecule has 0 aliphatic carbocycles. The number of carbonyl (C=O) groups is 2. The molecule has 1 unspecified atom stereocenters. The second-order valence-corrected chi connectivity index (χ2v) is 10.9. The molecule has 0 saturated carbocycles. The molecule has 0 bridgehead atoms. The number of aromatic amines is 1. The van der Waals surface area contributed by atoms with Crippen molar-refractivity contribution in [1.29, 1.82) is 0 Å². The number of piperazine rings is 1. The number of nitrogens with zero attached hydrogens (tertiary/aromatic N) is 2. The Hall–Kier alpha value is -3.38. The first-order valence-corrected chi connectivity index (χ1v) is 13.3. The smallest absolute Gasteiger partial charge is 0.254 e. The van der Waals surface area contributed by atoms with Crippen molar-refractivity contribution in [3.8, 4) is 0 Å². The topological polar surface area (TPSA) is 56.4 Å². The van der Waals surface area contributed by atoms with E-state index >= 15 is 0 Å². The molecule has 6 rings (SSSR count). The Morgan fingerprint density at radius 1 is 0.972 bits per heavy atom. The van der Waals surface area contributed by atoms with Gasteiger partial charge >= 0.3 is 0 Å². The average Bonchev–Trinajstić information content (AvgIpc) is 3.29. The molecule has 3 heterocycles. The summed E-state index contributed by atoms with van der Waals surface area (Å²) in [5, 5.41) is 1.11. The van der Waals surface area contributed by atoms with Crippen LogP contribution in [0.15, 0.2) is 83.3 Å². The highest BCUT2D eigenvalue weighted by molar-refractivity contribution is 9.10. The second-order valence-electron chi connectivity index (χ2n) is 9.96. The van der Waals surface area contributed by atoms with E-state index in [1.54, 1.807) is 4.90 Å². The third-order valence-corrected chi connectivity index (χ3v) is 8.35. The molecule has 3 aromatic carbocycles. The van der Waals surface area contributed by atoms with E-state index in [1.807, 2.05) is 60.4 Å². The lowest BCUT2D eigenvalue weighted by atomic mass is 9.76. The molecule has 5 nitrogen and oxygen atoms in total. The predicted molar refractivity (Wildman–Crippen MR) is 145 cm³/mol. The van der Waals surface area contributed by atoms with Gasteiger partial charge in [-0.25, -0.2) is 0 Å². The maximum atomic E-state index is 14.1. The van der Waals surface area contributed by atoms with E-state index in [0.717, 1.165) is 45.0 Å². The van der Waals surface area contributed by atoms with Crippen LogP contribution in [0, 0.1) is 0 Å². The van der Waals surface area contributed by atoms with Crippen LogP contribution in [0.5, 0.6) is 0 Å². The number of halogens is 1. The van der Waals surface area contributed by atoms with Gasteiger partial charge in [-0.05, 0) is 54.7 Å². The monoisotopic (exact) mass is 541 g/mol. The molecule has 1 saturated heterocycles. The highest BCUT2D eigenvalue weighted by Crippen LogP contribution is 2.48.